The first-order valence-corrected chi connectivity index (χ1v) is 10.7. The first-order chi connectivity index (χ1) is 13.9. The maximum absolute atomic E-state index is 14.1. The summed E-state index contributed by atoms with van der Waals surface area (Å²) < 4.78 is 72.1. The van der Waals surface area contributed by atoms with Crippen LogP contribution in [-0.4, -0.2) is 25.2 Å². The molecule has 3 aromatic rings. The highest BCUT2D eigenvalue weighted by atomic mass is 32.2. The maximum atomic E-state index is 14.1. The molecule has 0 unspecified atom stereocenters. The van der Waals surface area contributed by atoms with Gasteiger partial charge in [0, 0.05) is 18.9 Å². The highest BCUT2D eigenvalue weighted by Gasteiger charge is 2.42. The minimum Gasteiger partial charge on any atom is -0.424 e. The van der Waals surface area contributed by atoms with Crippen LogP contribution in [0.4, 0.5) is 13.2 Å². The SMILES string of the molecule is CC(=O)Oc1c(C(F)(F)F)c(-c2ccc(S(C)(=O)=O)cc2)n(-c2ccccc2)c1C. The Hall–Kier alpha value is -3.07. The number of ether oxygens (including phenoxy) is 1. The Labute approximate surface area is 171 Å². The van der Waals surface area contributed by atoms with Gasteiger partial charge in [-0.25, -0.2) is 8.42 Å². The summed E-state index contributed by atoms with van der Waals surface area (Å²) in [5, 5.41) is 0. The number of esters is 1. The molecule has 0 saturated heterocycles. The van der Waals surface area contributed by atoms with E-state index in [1.807, 2.05) is 0 Å². The Balaban J connectivity index is 2.40. The van der Waals surface area contributed by atoms with Gasteiger partial charge in [0.2, 0.25) is 0 Å². The Morgan fingerprint density at radius 3 is 2.03 bits per heavy atom. The molecule has 0 atom stereocenters. The van der Waals surface area contributed by atoms with E-state index in [9.17, 15) is 26.4 Å². The van der Waals surface area contributed by atoms with Crippen molar-refractivity contribution < 1.29 is 31.1 Å². The van der Waals surface area contributed by atoms with Gasteiger partial charge in [0.25, 0.3) is 0 Å². The van der Waals surface area contributed by atoms with Gasteiger partial charge in [-0.3, -0.25) is 4.79 Å². The van der Waals surface area contributed by atoms with Crippen LogP contribution in [0.2, 0.25) is 0 Å². The normalized spacial score (nSPS) is 12.1. The van der Waals surface area contributed by atoms with Gasteiger partial charge in [-0.2, -0.15) is 13.2 Å². The van der Waals surface area contributed by atoms with Crippen molar-refractivity contribution in [1.29, 1.82) is 0 Å². The lowest BCUT2D eigenvalue weighted by Gasteiger charge is -2.14. The van der Waals surface area contributed by atoms with Gasteiger partial charge in [-0.05, 0) is 36.8 Å². The lowest BCUT2D eigenvalue weighted by molar-refractivity contribution is -0.141. The number of carbonyl (C=O) groups excluding carboxylic acids is 1. The van der Waals surface area contributed by atoms with Crippen molar-refractivity contribution in [3.63, 3.8) is 0 Å². The van der Waals surface area contributed by atoms with Crippen molar-refractivity contribution in [3.8, 4) is 22.7 Å². The first-order valence-electron chi connectivity index (χ1n) is 8.78. The van der Waals surface area contributed by atoms with E-state index in [1.165, 1.54) is 35.8 Å². The summed E-state index contributed by atoms with van der Waals surface area (Å²) in [6.45, 7) is 2.45. The largest absolute Gasteiger partial charge is 0.424 e. The summed E-state index contributed by atoms with van der Waals surface area (Å²) in [7, 11) is -3.52. The van der Waals surface area contributed by atoms with Crippen LogP contribution in [0.1, 0.15) is 18.2 Å². The third-order valence-electron chi connectivity index (χ3n) is 4.45. The van der Waals surface area contributed by atoms with Crippen LogP contribution in [0.3, 0.4) is 0 Å². The van der Waals surface area contributed by atoms with Crippen molar-refractivity contribution >= 4 is 15.8 Å². The fraction of sp³-hybridized carbons (Fsp3) is 0.190. The van der Waals surface area contributed by atoms with Gasteiger partial charge >= 0.3 is 12.1 Å². The number of hydrogen-bond donors (Lipinski definition) is 0. The van der Waals surface area contributed by atoms with Crippen LogP contribution >= 0.6 is 0 Å². The molecule has 0 saturated carbocycles. The molecule has 1 aromatic heterocycles. The zero-order valence-corrected chi connectivity index (χ0v) is 17.1. The number of nitrogens with zero attached hydrogens (tertiary/aromatic N) is 1. The molecule has 0 radical (unpaired) electrons. The van der Waals surface area contributed by atoms with E-state index in [0.29, 0.717) is 5.69 Å². The third-order valence-corrected chi connectivity index (χ3v) is 5.58. The lowest BCUT2D eigenvalue weighted by Crippen LogP contribution is -2.11. The maximum Gasteiger partial charge on any atom is 0.422 e. The average molecular weight is 437 g/mol. The smallest absolute Gasteiger partial charge is 0.422 e. The van der Waals surface area contributed by atoms with Crippen molar-refractivity contribution in [1.82, 2.24) is 4.57 Å². The highest BCUT2D eigenvalue weighted by Crippen LogP contribution is 2.48. The summed E-state index contributed by atoms with van der Waals surface area (Å²) in [6.07, 6.45) is -3.82. The van der Waals surface area contributed by atoms with Gasteiger partial charge in [0.05, 0.1) is 16.3 Å². The molecule has 0 aliphatic heterocycles. The molecule has 0 aliphatic rings. The molecule has 0 N–H and O–H groups in total. The second-order valence-corrected chi connectivity index (χ2v) is 8.71. The van der Waals surface area contributed by atoms with Gasteiger partial charge in [-0.1, -0.05) is 30.3 Å². The molecule has 5 nitrogen and oxygen atoms in total. The molecule has 9 heteroatoms. The molecule has 0 bridgehead atoms. The number of benzene rings is 2. The van der Waals surface area contributed by atoms with Crippen molar-refractivity contribution in [3.05, 3.63) is 65.9 Å². The predicted molar refractivity (Wildman–Crippen MR) is 105 cm³/mol. The summed E-state index contributed by atoms with van der Waals surface area (Å²) >= 11 is 0. The zero-order valence-electron chi connectivity index (χ0n) is 16.3. The van der Waals surface area contributed by atoms with Crippen molar-refractivity contribution in [2.24, 2.45) is 0 Å². The number of hydrogen-bond acceptors (Lipinski definition) is 4. The molecule has 1 heterocycles. The quantitative estimate of drug-likeness (QED) is 0.550. The van der Waals surface area contributed by atoms with E-state index in [4.69, 9.17) is 4.74 Å². The highest BCUT2D eigenvalue weighted by molar-refractivity contribution is 7.90. The monoisotopic (exact) mass is 437 g/mol. The summed E-state index contributed by atoms with van der Waals surface area (Å²) in [5.74, 6) is -1.46. The Morgan fingerprint density at radius 2 is 1.57 bits per heavy atom. The van der Waals surface area contributed by atoms with Crippen molar-refractivity contribution in [2.75, 3.05) is 6.26 Å². The molecule has 0 fully saturated rings. The van der Waals surface area contributed by atoms with Crippen molar-refractivity contribution in [2.45, 2.75) is 24.9 Å². The van der Waals surface area contributed by atoms with Crippen LogP contribution in [0, 0.1) is 6.92 Å². The Bertz CT molecular complexity index is 1200. The molecule has 0 spiro atoms. The van der Waals surface area contributed by atoms with Gasteiger partial charge in [0.1, 0.15) is 5.56 Å². The fourth-order valence-electron chi connectivity index (χ4n) is 3.23. The van der Waals surface area contributed by atoms with E-state index in [0.717, 1.165) is 13.2 Å². The van der Waals surface area contributed by atoms with Crippen LogP contribution in [0.5, 0.6) is 5.75 Å². The third kappa shape index (κ3) is 4.11. The average Bonchev–Trinajstić information content (AvgIpc) is 2.94. The standard InChI is InChI=1S/C21H18F3NO4S/c1-13-20(29-14(2)26)18(21(22,23)24)19(25(13)16-7-5-4-6-8-16)15-9-11-17(12-10-15)30(3,27)28/h4-12H,1-3H3. The number of halogens is 3. The zero-order chi connectivity index (χ0) is 22.3. The van der Waals surface area contributed by atoms with E-state index in [-0.39, 0.29) is 21.8 Å². The molecule has 30 heavy (non-hydrogen) atoms. The Kier molecular flexibility index (Phi) is 5.51. The second kappa shape index (κ2) is 7.64. The molecule has 0 amide bonds. The van der Waals surface area contributed by atoms with Gasteiger partial charge in [0.15, 0.2) is 15.6 Å². The minimum atomic E-state index is -4.83. The van der Waals surface area contributed by atoms with E-state index >= 15 is 0 Å². The molecule has 2 aromatic carbocycles. The van der Waals surface area contributed by atoms with Crippen LogP contribution in [0.15, 0.2) is 59.5 Å². The molecule has 158 valence electrons. The molecular formula is C21H18F3NO4S. The van der Waals surface area contributed by atoms with E-state index in [1.54, 1.807) is 30.3 Å². The van der Waals surface area contributed by atoms with Crippen LogP contribution < -0.4 is 4.74 Å². The van der Waals surface area contributed by atoms with E-state index < -0.39 is 33.3 Å². The van der Waals surface area contributed by atoms with Crippen LogP contribution in [-0.2, 0) is 20.8 Å². The molecule has 3 rings (SSSR count). The van der Waals surface area contributed by atoms with E-state index in [2.05, 4.69) is 0 Å². The number of rotatable bonds is 4. The van der Waals surface area contributed by atoms with Gasteiger partial charge < -0.3 is 9.30 Å². The molecular weight excluding hydrogens is 419 g/mol. The topological polar surface area (TPSA) is 65.4 Å². The fourth-order valence-corrected chi connectivity index (χ4v) is 3.86. The predicted octanol–water partition coefficient (Wildman–Crippen LogP) is 4.80. The number of sulfone groups is 1. The second-order valence-electron chi connectivity index (χ2n) is 6.70. The number of para-hydroxylation sites is 1. The summed E-state index contributed by atoms with van der Waals surface area (Å²) in [4.78, 5) is 11.5. The van der Waals surface area contributed by atoms with Gasteiger partial charge in [-0.15, -0.1) is 0 Å². The Morgan fingerprint density at radius 1 is 1.00 bits per heavy atom. The number of carbonyl (C=O) groups is 1. The summed E-state index contributed by atoms with van der Waals surface area (Å²) in [5.41, 5.74) is -0.708. The number of alkyl halides is 3. The first kappa shape index (κ1) is 21.6. The number of aromatic nitrogens is 1. The molecule has 0 aliphatic carbocycles. The minimum absolute atomic E-state index is 0.0189. The lowest BCUT2D eigenvalue weighted by atomic mass is 10.1. The van der Waals surface area contributed by atoms with Crippen LogP contribution in [0.25, 0.3) is 16.9 Å². The summed E-state index contributed by atoms with van der Waals surface area (Å²) in [6, 6.07) is 13.4.